The molecule has 0 spiro atoms. The fourth-order valence-corrected chi connectivity index (χ4v) is 3.99. The van der Waals surface area contributed by atoms with Crippen molar-refractivity contribution in [2.75, 3.05) is 0 Å². The molecule has 5 heteroatoms. The average molecular weight is 512 g/mol. The predicted molar refractivity (Wildman–Crippen MR) is 123 cm³/mol. The van der Waals surface area contributed by atoms with Gasteiger partial charge in [0, 0.05) is 17.8 Å². The summed E-state index contributed by atoms with van der Waals surface area (Å²) in [5, 5.41) is 10.6. The van der Waals surface area contributed by atoms with E-state index in [1.807, 2.05) is 37.4 Å². The Morgan fingerprint density at radius 3 is 2.14 bits per heavy atom. The third-order valence-electron chi connectivity index (χ3n) is 5.84. The van der Waals surface area contributed by atoms with E-state index in [9.17, 15) is 5.11 Å². The number of phenolic OH excluding ortho intramolecular Hbond substituents is 1. The molecule has 3 rings (SSSR count). The van der Waals surface area contributed by atoms with Gasteiger partial charge in [0.15, 0.2) is 0 Å². The van der Waals surface area contributed by atoms with Crippen LogP contribution in [0.4, 0.5) is 0 Å². The molecule has 1 fully saturated rings. The molecule has 0 aliphatic heterocycles. The van der Waals surface area contributed by atoms with E-state index in [1.165, 1.54) is 12.8 Å². The minimum atomic E-state index is -0.826. The Hall–Kier alpha value is -0.627. The second-order valence-electron chi connectivity index (χ2n) is 8.78. The van der Waals surface area contributed by atoms with E-state index < -0.39 is 20.8 Å². The number of halogens is 2. The monoisotopic (exact) mass is 509 g/mol. The van der Waals surface area contributed by atoms with Crippen molar-refractivity contribution >= 4 is 23.2 Å². The van der Waals surface area contributed by atoms with Crippen LogP contribution in [0.2, 0.25) is 0 Å². The zero-order valence-electron chi connectivity index (χ0n) is 17.8. The molecular formula is C24H31Cl2NOZr. The summed E-state index contributed by atoms with van der Waals surface area (Å²) in [7, 11) is 9.87. The van der Waals surface area contributed by atoms with E-state index in [0.717, 1.165) is 41.0 Å². The number of hydrogen-bond acceptors (Lipinski definition) is 2. The van der Waals surface area contributed by atoms with Crippen LogP contribution >= 0.6 is 17.0 Å². The van der Waals surface area contributed by atoms with Gasteiger partial charge in [-0.15, -0.1) is 0 Å². The van der Waals surface area contributed by atoms with Gasteiger partial charge in [-0.05, 0) is 60.6 Å². The van der Waals surface area contributed by atoms with Crippen molar-refractivity contribution < 1.29 is 26.0 Å². The number of aryl methyl sites for hydroxylation is 1. The summed E-state index contributed by atoms with van der Waals surface area (Å²) in [5.41, 5.74) is 4.28. The van der Waals surface area contributed by atoms with Gasteiger partial charge in [-0.2, -0.15) is 0 Å². The van der Waals surface area contributed by atoms with E-state index in [0.29, 0.717) is 17.2 Å². The number of phenols is 1. The number of rotatable bonds is 3. The molecule has 0 unspecified atom stereocenters. The molecule has 1 saturated carbocycles. The summed E-state index contributed by atoms with van der Waals surface area (Å²) in [6.07, 6.45) is 6.69. The molecule has 156 valence electrons. The molecule has 0 atom stereocenters. The first-order valence-electron chi connectivity index (χ1n) is 10.1. The molecule has 2 aromatic rings. The molecule has 0 aromatic heterocycles. The van der Waals surface area contributed by atoms with Crippen LogP contribution in [-0.2, 0) is 20.8 Å². The van der Waals surface area contributed by atoms with Gasteiger partial charge in [-0.1, -0.05) is 63.2 Å². The van der Waals surface area contributed by atoms with E-state index in [4.69, 9.17) is 22.0 Å². The quantitative estimate of drug-likeness (QED) is 0.420. The molecule has 1 aliphatic carbocycles. The first-order valence-corrected chi connectivity index (χ1v) is 16.5. The van der Waals surface area contributed by atoms with Gasteiger partial charge >= 0.3 is 37.9 Å². The summed E-state index contributed by atoms with van der Waals surface area (Å²) >= 11 is -0.826. The summed E-state index contributed by atoms with van der Waals surface area (Å²) in [5.74, 6) is 1.14. The van der Waals surface area contributed by atoms with Crippen LogP contribution in [0.5, 0.6) is 5.75 Å². The summed E-state index contributed by atoms with van der Waals surface area (Å²) in [6, 6.07) is 14.7. The van der Waals surface area contributed by atoms with Gasteiger partial charge in [0.2, 0.25) is 0 Å². The summed E-state index contributed by atoms with van der Waals surface area (Å²) in [4.78, 5) is 4.87. The zero-order chi connectivity index (χ0) is 21.4. The molecule has 0 heterocycles. The van der Waals surface area contributed by atoms with Crippen LogP contribution in [0.3, 0.4) is 0 Å². The Labute approximate surface area is 194 Å². The molecular weight excluding hydrogens is 480 g/mol. The zero-order valence-corrected chi connectivity index (χ0v) is 21.7. The van der Waals surface area contributed by atoms with Crippen LogP contribution in [0.15, 0.2) is 47.5 Å². The van der Waals surface area contributed by atoms with E-state index in [2.05, 4.69) is 39.0 Å². The third kappa shape index (κ3) is 7.23. The van der Waals surface area contributed by atoms with Gasteiger partial charge in [0.05, 0.1) is 0 Å². The second-order valence-corrected chi connectivity index (χ2v) is 12.5. The number of benzene rings is 2. The first-order chi connectivity index (χ1) is 13.8. The number of nitrogens with zero attached hydrogens (tertiary/aromatic N) is 1. The fourth-order valence-electron chi connectivity index (χ4n) is 3.99. The van der Waals surface area contributed by atoms with Crippen molar-refractivity contribution in [3.63, 3.8) is 0 Å². The Balaban J connectivity index is 0.000000941. The van der Waals surface area contributed by atoms with Gasteiger partial charge in [0.25, 0.3) is 0 Å². The van der Waals surface area contributed by atoms with Gasteiger partial charge in [-0.25, -0.2) is 0 Å². The standard InChI is InChI=1S/C24H31NO.2ClH.Zr/c1-17-10-15-21(18-8-6-5-7-9-18)22(23(17)26)16-25-20-13-11-19(12-14-20)24(2,3)4;;;/h5-10,15-16,19-20,26H,11-14H2,1-4H3;2*1H;/q;;;+2/p-2. The van der Waals surface area contributed by atoms with Crippen molar-refractivity contribution in [1.29, 1.82) is 0 Å². The number of aromatic hydroxyl groups is 1. The molecule has 29 heavy (non-hydrogen) atoms. The van der Waals surface area contributed by atoms with Crippen LogP contribution in [0, 0.1) is 18.3 Å². The molecule has 1 N–H and O–H groups in total. The Bertz CT molecular complexity index is 795. The van der Waals surface area contributed by atoms with E-state index in [1.54, 1.807) is 0 Å². The molecule has 1 aliphatic rings. The molecule has 2 aromatic carbocycles. The van der Waals surface area contributed by atoms with Crippen molar-refractivity contribution in [3.8, 4) is 16.9 Å². The van der Waals surface area contributed by atoms with Crippen LogP contribution < -0.4 is 0 Å². The predicted octanol–water partition coefficient (Wildman–Crippen LogP) is 7.77. The van der Waals surface area contributed by atoms with E-state index >= 15 is 0 Å². The topological polar surface area (TPSA) is 32.6 Å². The molecule has 0 radical (unpaired) electrons. The fraction of sp³-hybridized carbons (Fsp3) is 0.458. The third-order valence-corrected chi connectivity index (χ3v) is 5.84. The van der Waals surface area contributed by atoms with Gasteiger partial charge in [-0.3, -0.25) is 4.99 Å². The Morgan fingerprint density at radius 2 is 1.59 bits per heavy atom. The van der Waals surface area contributed by atoms with Crippen LogP contribution in [0.25, 0.3) is 11.1 Å². The summed E-state index contributed by atoms with van der Waals surface area (Å²) in [6.45, 7) is 8.98. The number of aliphatic imine (C=N–C) groups is 1. The first kappa shape index (κ1) is 24.6. The van der Waals surface area contributed by atoms with Crippen molar-refractivity contribution in [2.45, 2.75) is 59.4 Å². The van der Waals surface area contributed by atoms with Gasteiger partial charge < -0.3 is 5.11 Å². The van der Waals surface area contributed by atoms with Crippen molar-refractivity contribution in [3.05, 3.63) is 53.6 Å². The normalized spacial score (nSPS) is 19.5. The number of hydrogen-bond donors (Lipinski definition) is 1. The molecule has 0 bridgehead atoms. The Kier molecular flexibility index (Phi) is 9.92. The van der Waals surface area contributed by atoms with Crippen LogP contribution in [-0.4, -0.2) is 17.4 Å². The molecule has 2 nitrogen and oxygen atoms in total. The van der Waals surface area contributed by atoms with Gasteiger partial charge in [0.1, 0.15) is 5.75 Å². The maximum absolute atomic E-state index is 10.6. The van der Waals surface area contributed by atoms with Crippen LogP contribution in [0.1, 0.15) is 57.6 Å². The molecule has 0 amide bonds. The summed E-state index contributed by atoms with van der Waals surface area (Å²) < 4.78 is 0. The molecule has 0 saturated heterocycles. The Morgan fingerprint density at radius 1 is 1.00 bits per heavy atom. The minimum absolute atomic E-state index is 0.346. The van der Waals surface area contributed by atoms with Crippen molar-refractivity contribution in [1.82, 2.24) is 0 Å². The van der Waals surface area contributed by atoms with E-state index in [-0.39, 0.29) is 0 Å². The van der Waals surface area contributed by atoms with Crippen molar-refractivity contribution in [2.24, 2.45) is 16.3 Å². The average Bonchev–Trinajstić information content (AvgIpc) is 2.70. The maximum atomic E-state index is 10.6. The SMILES string of the molecule is Cc1ccc(-c2ccccc2)c(C=NC2CCC(C(C)(C)C)CC2)c1O.[Cl][Zr][Cl]. The second kappa shape index (κ2) is 11.7.